The van der Waals surface area contributed by atoms with Crippen molar-refractivity contribution in [2.45, 2.75) is 45.7 Å². The summed E-state index contributed by atoms with van der Waals surface area (Å²) in [5.41, 5.74) is 0.298. The van der Waals surface area contributed by atoms with Crippen LogP contribution < -0.4 is 0 Å². The zero-order valence-corrected chi connectivity index (χ0v) is 7.39. The first-order chi connectivity index (χ1) is 4.52. The number of hydrogen-bond donors (Lipinski definition) is 0. The molecule has 1 nitrogen and oxygen atoms in total. The Morgan fingerprint density at radius 3 is 2.20 bits per heavy atom. The van der Waals surface area contributed by atoms with Gasteiger partial charge < -0.3 is 4.90 Å². The summed E-state index contributed by atoms with van der Waals surface area (Å²) in [6, 6.07) is 0.694. The summed E-state index contributed by atoms with van der Waals surface area (Å²) in [5.74, 6) is 0. The van der Waals surface area contributed by atoms with Crippen molar-refractivity contribution in [2.24, 2.45) is 0 Å². The minimum absolute atomic E-state index is 0.298. The van der Waals surface area contributed by atoms with Crippen LogP contribution in [0.25, 0.3) is 0 Å². The molecule has 10 heavy (non-hydrogen) atoms. The van der Waals surface area contributed by atoms with Gasteiger partial charge >= 0.3 is 0 Å². The van der Waals surface area contributed by atoms with Gasteiger partial charge in [0.15, 0.2) is 0 Å². The van der Waals surface area contributed by atoms with Gasteiger partial charge in [-0.1, -0.05) is 6.08 Å². The van der Waals surface area contributed by atoms with Crippen LogP contribution in [0.15, 0.2) is 12.3 Å². The van der Waals surface area contributed by atoms with Crippen LogP contribution in [0, 0.1) is 0 Å². The summed E-state index contributed by atoms with van der Waals surface area (Å²) < 4.78 is 0. The van der Waals surface area contributed by atoms with Crippen LogP contribution in [0.4, 0.5) is 0 Å². The fourth-order valence-corrected chi connectivity index (χ4v) is 1.52. The Labute approximate surface area is 63.7 Å². The second-order valence-corrected chi connectivity index (χ2v) is 4.05. The molecule has 0 radical (unpaired) electrons. The molecule has 58 valence electrons. The molecule has 0 aromatic carbocycles. The van der Waals surface area contributed by atoms with Crippen molar-refractivity contribution in [1.82, 2.24) is 4.90 Å². The van der Waals surface area contributed by atoms with Crippen molar-refractivity contribution in [1.29, 1.82) is 0 Å². The van der Waals surface area contributed by atoms with E-state index < -0.39 is 0 Å². The summed E-state index contributed by atoms with van der Waals surface area (Å²) >= 11 is 0. The highest BCUT2D eigenvalue weighted by Crippen LogP contribution is 2.23. The smallest absolute Gasteiger partial charge is 0.0315 e. The minimum Gasteiger partial charge on any atom is -0.370 e. The van der Waals surface area contributed by atoms with Gasteiger partial charge in [-0.15, -0.1) is 0 Å². The molecule has 1 heterocycles. The van der Waals surface area contributed by atoms with Gasteiger partial charge in [0.05, 0.1) is 0 Å². The first-order valence-electron chi connectivity index (χ1n) is 3.97. The zero-order chi connectivity index (χ0) is 7.78. The third-order valence-electron chi connectivity index (χ3n) is 1.99. The molecular weight excluding hydrogens is 122 g/mol. The van der Waals surface area contributed by atoms with E-state index in [1.54, 1.807) is 0 Å². The van der Waals surface area contributed by atoms with Gasteiger partial charge in [0.2, 0.25) is 0 Å². The van der Waals surface area contributed by atoms with Gasteiger partial charge in [0.1, 0.15) is 0 Å². The minimum atomic E-state index is 0.298. The average Bonchev–Trinajstić information content (AvgIpc) is 2.11. The lowest BCUT2D eigenvalue weighted by Gasteiger charge is -2.36. The van der Waals surface area contributed by atoms with Crippen molar-refractivity contribution < 1.29 is 0 Å². The molecule has 0 fully saturated rings. The van der Waals surface area contributed by atoms with Crippen molar-refractivity contribution in [2.75, 3.05) is 0 Å². The Balaban J connectivity index is 2.64. The lowest BCUT2D eigenvalue weighted by atomic mass is 10.1. The van der Waals surface area contributed by atoms with E-state index in [4.69, 9.17) is 0 Å². The molecule has 0 saturated heterocycles. The number of hydrogen-bond acceptors (Lipinski definition) is 1. The van der Waals surface area contributed by atoms with Crippen LogP contribution in [0.5, 0.6) is 0 Å². The Bertz CT molecular complexity index is 141. The van der Waals surface area contributed by atoms with Crippen molar-refractivity contribution in [3.63, 3.8) is 0 Å². The Hall–Kier alpha value is -0.460. The second-order valence-electron chi connectivity index (χ2n) is 4.05. The molecule has 0 N–H and O–H groups in total. The summed E-state index contributed by atoms with van der Waals surface area (Å²) in [7, 11) is 0. The van der Waals surface area contributed by atoms with Crippen molar-refractivity contribution in [3.05, 3.63) is 12.3 Å². The molecule has 1 aliphatic heterocycles. The van der Waals surface area contributed by atoms with E-state index in [0.717, 1.165) is 0 Å². The molecule has 0 aromatic rings. The fraction of sp³-hybridized carbons (Fsp3) is 0.778. The normalized spacial score (nSPS) is 26.0. The SMILES string of the molecule is C[C@H]1CC=CN1C(C)(C)C. The van der Waals surface area contributed by atoms with Gasteiger partial charge in [0.25, 0.3) is 0 Å². The third kappa shape index (κ3) is 1.34. The quantitative estimate of drug-likeness (QED) is 0.498. The molecule has 1 aliphatic rings. The lowest BCUT2D eigenvalue weighted by molar-refractivity contribution is 0.171. The zero-order valence-electron chi connectivity index (χ0n) is 7.39. The lowest BCUT2D eigenvalue weighted by Crippen LogP contribution is -2.40. The van der Waals surface area contributed by atoms with Gasteiger partial charge in [-0.05, 0) is 40.3 Å². The van der Waals surface area contributed by atoms with Crippen molar-refractivity contribution in [3.8, 4) is 0 Å². The topological polar surface area (TPSA) is 3.24 Å². The Morgan fingerprint density at radius 2 is 2.00 bits per heavy atom. The van der Waals surface area contributed by atoms with Crippen LogP contribution in [-0.2, 0) is 0 Å². The molecular formula is C9H17N. The Kier molecular flexibility index (Phi) is 1.76. The molecule has 0 bridgehead atoms. The highest BCUT2D eigenvalue weighted by molar-refractivity contribution is 5.01. The first-order valence-corrected chi connectivity index (χ1v) is 3.97. The summed E-state index contributed by atoms with van der Waals surface area (Å²) in [5, 5.41) is 0. The largest absolute Gasteiger partial charge is 0.370 e. The van der Waals surface area contributed by atoms with Crippen molar-refractivity contribution >= 4 is 0 Å². The van der Waals surface area contributed by atoms with E-state index in [2.05, 4.69) is 44.9 Å². The maximum absolute atomic E-state index is 2.41. The van der Waals surface area contributed by atoms with E-state index in [1.807, 2.05) is 0 Å². The standard InChI is InChI=1S/C9H17N/c1-8-6-5-7-10(8)9(2,3)4/h5,7-8H,6H2,1-4H3/t8-/m0/s1. The van der Waals surface area contributed by atoms with Crippen LogP contribution in [0.2, 0.25) is 0 Å². The second kappa shape index (κ2) is 2.30. The number of nitrogens with zero attached hydrogens (tertiary/aromatic N) is 1. The average molecular weight is 139 g/mol. The number of rotatable bonds is 0. The predicted octanol–water partition coefficient (Wildman–Crippen LogP) is 2.39. The van der Waals surface area contributed by atoms with E-state index in [-0.39, 0.29) is 0 Å². The van der Waals surface area contributed by atoms with Gasteiger partial charge in [-0.25, -0.2) is 0 Å². The van der Waals surface area contributed by atoms with Gasteiger partial charge in [-0.3, -0.25) is 0 Å². The third-order valence-corrected chi connectivity index (χ3v) is 1.99. The van der Waals surface area contributed by atoms with Crippen LogP contribution in [0.1, 0.15) is 34.1 Å². The highest BCUT2D eigenvalue weighted by Gasteiger charge is 2.24. The molecule has 0 spiro atoms. The molecule has 1 heteroatoms. The predicted molar refractivity (Wildman–Crippen MR) is 44.8 cm³/mol. The first kappa shape index (κ1) is 7.64. The van der Waals surface area contributed by atoms with Crippen LogP contribution in [-0.4, -0.2) is 16.5 Å². The van der Waals surface area contributed by atoms with Crippen LogP contribution in [0.3, 0.4) is 0 Å². The van der Waals surface area contributed by atoms with E-state index in [9.17, 15) is 0 Å². The van der Waals surface area contributed by atoms with Gasteiger partial charge in [0, 0.05) is 11.6 Å². The van der Waals surface area contributed by atoms with E-state index in [0.29, 0.717) is 11.6 Å². The molecule has 0 saturated carbocycles. The van der Waals surface area contributed by atoms with E-state index in [1.165, 1.54) is 6.42 Å². The maximum atomic E-state index is 2.41. The molecule has 0 unspecified atom stereocenters. The maximum Gasteiger partial charge on any atom is 0.0315 e. The van der Waals surface area contributed by atoms with Gasteiger partial charge in [-0.2, -0.15) is 0 Å². The molecule has 1 rings (SSSR count). The molecule has 0 amide bonds. The van der Waals surface area contributed by atoms with E-state index >= 15 is 0 Å². The molecule has 1 atom stereocenters. The van der Waals surface area contributed by atoms with Crippen LogP contribution >= 0.6 is 0 Å². The summed E-state index contributed by atoms with van der Waals surface area (Å²) in [6.07, 6.45) is 5.66. The molecule has 0 aliphatic carbocycles. The fourth-order valence-electron chi connectivity index (χ4n) is 1.52. The highest BCUT2D eigenvalue weighted by atomic mass is 15.2. The molecule has 0 aromatic heterocycles. The Morgan fingerprint density at radius 1 is 1.40 bits per heavy atom. The monoisotopic (exact) mass is 139 g/mol. The summed E-state index contributed by atoms with van der Waals surface area (Å²) in [6.45, 7) is 9.02. The summed E-state index contributed by atoms with van der Waals surface area (Å²) in [4.78, 5) is 2.41.